The highest BCUT2D eigenvalue weighted by atomic mass is 35.5. The Morgan fingerprint density at radius 2 is 2.41 bits per heavy atom. The summed E-state index contributed by atoms with van der Waals surface area (Å²) < 4.78 is 0. The van der Waals surface area contributed by atoms with Crippen molar-refractivity contribution >= 4 is 23.3 Å². The van der Waals surface area contributed by atoms with Crippen molar-refractivity contribution in [3.63, 3.8) is 0 Å². The average molecular weight is 255 g/mol. The molecule has 1 fully saturated rings. The lowest BCUT2D eigenvalue weighted by Gasteiger charge is -2.15. The highest BCUT2D eigenvalue weighted by molar-refractivity contribution is 6.28. The van der Waals surface area contributed by atoms with Crippen molar-refractivity contribution in [2.75, 3.05) is 25.0 Å². The van der Waals surface area contributed by atoms with E-state index in [1.54, 1.807) is 12.3 Å². The molecule has 5 nitrogen and oxygen atoms in total. The van der Waals surface area contributed by atoms with E-state index in [9.17, 15) is 4.79 Å². The summed E-state index contributed by atoms with van der Waals surface area (Å²) in [4.78, 5) is 21.1. The van der Waals surface area contributed by atoms with E-state index < -0.39 is 0 Å². The third-order valence-electron chi connectivity index (χ3n) is 2.71. The lowest BCUT2D eigenvalue weighted by atomic mass is 10.4. The predicted molar refractivity (Wildman–Crippen MR) is 66.0 cm³/mol. The highest BCUT2D eigenvalue weighted by Crippen LogP contribution is 2.10. The summed E-state index contributed by atoms with van der Waals surface area (Å²) in [6, 6.07) is 1.77. The fraction of sp³-hybridized carbons (Fsp3) is 0.545. The molecule has 1 aliphatic rings. The van der Waals surface area contributed by atoms with Gasteiger partial charge in [0.05, 0.1) is 0 Å². The van der Waals surface area contributed by atoms with Crippen LogP contribution in [0.1, 0.15) is 19.3 Å². The standard InChI is InChI=1S/C11H15ClN4O/c12-11-14-6-4-9(15-11)13-5-2-8-16-7-1-3-10(16)17/h4,6H,1-3,5,7-8H2,(H,13,14,15). The molecule has 0 saturated carbocycles. The number of anilines is 1. The molecule has 2 rings (SSSR count). The topological polar surface area (TPSA) is 58.1 Å². The Morgan fingerprint density at radius 1 is 1.53 bits per heavy atom. The maximum Gasteiger partial charge on any atom is 0.224 e. The number of hydrogen-bond donors (Lipinski definition) is 1. The normalized spacial score (nSPS) is 15.4. The highest BCUT2D eigenvalue weighted by Gasteiger charge is 2.18. The summed E-state index contributed by atoms with van der Waals surface area (Å²) in [5.41, 5.74) is 0. The van der Waals surface area contributed by atoms with Gasteiger partial charge in [0.15, 0.2) is 0 Å². The number of aromatic nitrogens is 2. The molecule has 1 aromatic rings. The summed E-state index contributed by atoms with van der Waals surface area (Å²) in [7, 11) is 0. The van der Waals surface area contributed by atoms with Crippen molar-refractivity contribution in [3.05, 3.63) is 17.5 Å². The average Bonchev–Trinajstić information content (AvgIpc) is 2.71. The molecule has 1 aliphatic heterocycles. The number of carbonyl (C=O) groups excluding carboxylic acids is 1. The number of amides is 1. The number of hydrogen-bond acceptors (Lipinski definition) is 4. The Kier molecular flexibility index (Phi) is 4.14. The minimum atomic E-state index is 0.240. The van der Waals surface area contributed by atoms with E-state index in [1.165, 1.54) is 0 Å². The van der Waals surface area contributed by atoms with Crippen LogP contribution in [-0.4, -0.2) is 40.4 Å². The van der Waals surface area contributed by atoms with Crippen LogP contribution in [0.5, 0.6) is 0 Å². The van der Waals surface area contributed by atoms with Crippen molar-refractivity contribution in [2.45, 2.75) is 19.3 Å². The van der Waals surface area contributed by atoms with Crippen LogP contribution in [0.4, 0.5) is 5.82 Å². The Bertz CT molecular complexity index is 399. The van der Waals surface area contributed by atoms with E-state index in [4.69, 9.17) is 11.6 Å². The maximum atomic E-state index is 11.4. The molecule has 17 heavy (non-hydrogen) atoms. The molecule has 0 aromatic carbocycles. The van der Waals surface area contributed by atoms with Gasteiger partial charge in [-0.3, -0.25) is 4.79 Å². The molecule has 1 aromatic heterocycles. The molecule has 92 valence electrons. The van der Waals surface area contributed by atoms with Crippen molar-refractivity contribution in [3.8, 4) is 0 Å². The van der Waals surface area contributed by atoms with E-state index in [1.807, 2.05) is 4.90 Å². The monoisotopic (exact) mass is 254 g/mol. The number of nitrogens with one attached hydrogen (secondary N) is 1. The number of rotatable bonds is 5. The fourth-order valence-electron chi connectivity index (χ4n) is 1.86. The fourth-order valence-corrected chi connectivity index (χ4v) is 2.01. The van der Waals surface area contributed by atoms with Crippen molar-refractivity contribution < 1.29 is 4.79 Å². The van der Waals surface area contributed by atoms with Gasteiger partial charge < -0.3 is 10.2 Å². The Labute approximate surface area is 105 Å². The molecule has 0 atom stereocenters. The Balaban J connectivity index is 1.68. The number of nitrogens with zero attached hydrogens (tertiary/aromatic N) is 3. The molecule has 1 N–H and O–H groups in total. The van der Waals surface area contributed by atoms with Gasteiger partial charge in [-0.1, -0.05) is 0 Å². The smallest absolute Gasteiger partial charge is 0.224 e. The minimum Gasteiger partial charge on any atom is -0.370 e. The number of carbonyl (C=O) groups is 1. The van der Waals surface area contributed by atoms with E-state index in [0.29, 0.717) is 6.42 Å². The van der Waals surface area contributed by atoms with Crippen LogP contribution in [0.3, 0.4) is 0 Å². The van der Waals surface area contributed by atoms with Crippen LogP contribution < -0.4 is 5.32 Å². The van der Waals surface area contributed by atoms with Gasteiger partial charge in [-0.15, -0.1) is 0 Å². The summed E-state index contributed by atoms with van der Waals surface area (Å²) in [6.07, 6.45) is 4.22. The lowest BCUT2D eigenvalue weighted by Crippen LogP contribution is -2.27. The largest absolute Gasteiger partial charge is 0.370 e. The first-order chi connectivity index (χ1) is 8.25. The van der Waals surface area contributed by atoms with Crippen LogP contribution in [0, 0.1) is 0 Å². The summed E-state index contributed by atoms with van der Waals surface area (Å²) in [5, 5.41) is 3.39. The first-order valence-electron chi connectivity index (χ1n) is 5.76. The quantitative estimate of drug-likeness (QED) is 0.640. The zero-order chi connectivity index (χ0) is 12.1. The third-order valence-corrected chi connectivity index (χ3v) is 2.89. The summed E-state index contributed by atoms with van der Waals surface area (Å²) >= 11 is 5.67. The molecule has 6 heteroatoms. The number of halogens is 1. The van der Waals surface area contributed by atoms with E-state index in [2.05, 4.69) is 15.3 Å². The molecular formula is C11H15ClN4O. The lowest BCUT2D eigenvalue weighted by molar-refractivity contribution is -0.127. The van der Waals surface area contributed by atoms with Gasteiger partial charge in [0.2, 0.25) is 11.2 Å². The molecule has 0 aliphatic carbocycles. The Hall–Kier alpha value is -1.36. The summed E-state index contributed by atoms with van der Waals surface area (Å²) in [6.45, 7) is 2.49. The first kappa shape index (κ1) is 12.1. The van der Waals surface area contributed by atoms with Gasteiger partial charge in [-0.05, 0) is 30.5 Å². The van der Waals surface area contributed by atoms with Crippen molar-refractivity contribution in [1.82, 2.24) is 14.9 Å². The maximum absolute atomic E-state index is 11.4. The second-order valence-electron chi connectivity index (χ2n) is 3.98. The first-order valence-corrected chi connectivity index (χ1v) is 6.14. The second kappa shape index (κ2) is 5.82. The minimum absolute atomic E-state index is 0.240. The molecule has 0 radical (unpaired) electrons. The number of likely N-dealkylation sites (tertiary alicyclic amines) is 1. The van der Waals surface area contributed by atoms with Crippen LogP contribution in [0.2, 0.25) is 5.28 Å². The van der Waals surface area contributed by atoms with E-state index >= 15 is 0 Å². The summed E-state index contributed by atoms with van der Waals surface area (Å²) in [5.74, 6) is 0.993. The Morgan fingerprint density at radius 3 is 3.12 bits per heavy atom. The third kappa shape index (κ3) is 3.56. The molecule has 1 amide bonds. The van der Waals surface area contributed by atoms with Gasteiger partial charge in [0.25, 0.3) is 0 Å². The molecule has 1 saturated heterocycles. The second-order valence-corrected chi connectivity index (χ2v) is 4.31. The van der Waals surface area contributed by atoms with Gasteiger partial charge >= 0.3 is 0 Å². The zero-order valence-electron chi connectivity index (χ0n) is 9.53. The van der Waals surface area contributed by atoms with Gasteiger partial charge in [0, 0.05) is 32.3 Å². The van der Waals surface area contributed by atoms with Gasteiger partial charge in [-0.2, -0.15) is 0 Å². The van der Waals surface area contributed by atoms with Crippen LogP contribution >= 0.6 is 11.6 Å². The molecule has 0 unspecified atom stereocenters. The van der Waals surface area contributed by atoms with E-state index in [0.717, 1.165) is 38.3 Å². The van der Waals surface area contributed by atoms with Crippen molar-refractivity contribution in [2.24, 2.45) is 0 Å². The van der Waals surface area contributed by atoms with Gasteiger partial charge in [-0.25, -0.2) is 9.97 Å². The SMILES string of the molecule is O=C1CCCN1CCCNc1ccnc(Cl)n1. The zero-order valence-corrected chi connectivity index (χ0v) is 10.3. The molecule has 0 spiro atoms. The van der Waals surface area contributed by atoms with E-state index in [-0.39, 0.29) is 11.2 Å². The van der Waals surface area contributed by atoms with Crippen LogP contribution in [-0.2, 0) is 4.79 Å². The molecule has 0 bridgehead atoms. The van der Waals surface area contributed by atoms with Gasteiger partial charge in [0.1, 0.15) is 5.82 Å². The van der Waals surface area contributed by atoms with Crippen LogP contribution in [0.25, 0.3) is 0 Å². The van der Waals surface area contributed by atoms with Crippen LogP contribution in [0.15, 0.2) is 12.3 Å². The predicted octanol–water partition coefficient (Wildman–Crippen LogP) is 1.55. The molecular weight excluding hydrogens is 240 g/mol. The van der Waals surface area contributed by atoms with Crippen molar-refractivity contribution in [1.29, 1.82) is 0 Å². The molecule has 2 heterocycles.